The van der Waals surface area contributed by atoms with E-state index in [9.17, 15) is 18.0 Å². The zero-order valence-electron chi connectivity index (χ0n) is 17.1. The fourth-order valence-corrected chi connectivity index (χ4v) is 5.88. The number of piperidine rings is 1. The monoisotopic (exact) mass is 439 g/mol. The van der Waals surface area contributed by atoms with E-state index < -0.39 is 10.0 Å². The molecule has 4 rings (SSSR count). The van der Waals surface area contributed by atoms with Crippen molar-refractivity contribution in [3.05, 3.63) is 34.2 Å². The van der Waals surface area contributed by atoms with Gasteiger partial charge in [-0.05, 0) is 38.2 Å². The summed E-state index contributed by atoms with van der Waals surface area (Å²) in [5, 5.41) is 9.92. The molecule has 30 heavy (non-hydrogen) atoms. The molecule has 3 atom stereocenters. The normalized spacial score (nSPS) is 25.8. The molecule has 0 radical (unpaired) electrons. The molecule has 0 spiro atoms. The maximum Gasteiger partial charge on any atom is 0.290 e. The lowest BCUT2D eigenvalue weighted by atomic mass is 9.79. The number of carbonyl (C=O) groups is 2. The van der Waals surface area contributed by atoms with Gasteiger partial charge in [-0.1, -0.05) is 12.5 Å². The number of nitrogens with one attached hydrogen (secondary N) is 1. The maximum atomic E-state index is 12.6. The van der Waals surface area contributed by atoms with Crippen molar-refractivity contribution in [2.75, 3.05) is 25.4 Å². The Morgan fingerprint density at radius 1 is 1.30 bits per heavy atom. The first-order chi connectivity index (χ1) is 14.3. The molecule has 1 aromatic rings. The number of nitrogens with zero attached hydrogens (tertiary/aromatic N) is 2. The van der Waals surface area contributed by atoms with Gasteiger partial charge in [-0.15, -0.1) is 0 Å². The summed E-state index contributed by atoms with van der Waals surface area (Å²) >= 11 is 0. The second kappa shape index (κ2) is 9.30. The van der Waals surface area contributed by atoms with Crippen LogP contribution in [0.1, 0.15) is 50.3 Å². The topological polar surface area (TPSA) is 126 Å². The summed E-state index contributed by atoms with van der Waals surface area (Å²) < 4.78 is 28.3. The second-order valence-electron chi connectivity index (χ2n) is 8.11. The standard InChI is InChI=1S/C19H27N3O4S.CH2O2/c1-2-27(25,26)21-11-14-9-15(12-21)17(10-20-19(24)13-5-3-6-13)22-16(14)7-4-8-18(22)23;2-1-3/h4,7-8,13-15,17H,2-3,5-6,9-12H2,1H3,(H,20,24);1H,(H,2,3)/t14-,15+,17+;/m1./s1. The number of carbonyl (C=O) groups excluding carboxylic acids is 1. The SMILES string of the molecule is CCS(=O)(=O)N1C[C@H]2C[C@@H](C1)[C@H](CNC(=O)C1CCC1)n1c2cccc1=O.O=CO. The van der Waals surface area contributed by atoms with Gasteiger partial charge in [-0.2, -0.15) is 0 Å². The molecule has 9 nitrogen and oxygen atoms in total. The van der Waals surface area contributed by atoms with Crippen LogP contribution >= 0.6 is 0 Å². The van der Waals surface area contributed by atoms with Crippen molar-refractivity contribution in [3.8, 4) is 0 Å². The molecule has 1 aromatic heterocycles. The molecule has 166 valence electrons. The van der Waals surface area contributed by atoms with E-state index in [-0.39, 0.29) is 47.5 Å². The van der Waals surface area contributed by atoms with Crippen LogP contribution < -0.4 is 10.9 Å². The molecule has 2 aliphatic heterocycles. The molecule has 1 aliphatic carbocycles. The molecular weight excluding hydrogens is 410 g/mol. The third-order valence-corrected chi connectivity index (χ3v) is 8.30. The minimum Gasteiger partial charge on any atom is -0.483 e. The minimum atomic E-state index is -3.28. The van der Waals surface area contributed by atoms with Crippen LogP contribution in [0.3, 0.4) is 0 Å². The number of hydrogen-bond donors (Lipinski definition) is 2. The Balaban J connectivity index is 0.000000806. The van der Waals surface area contributed by atoms with Crippen molar-refractivity contribution in [1.29, 1.82) is 0 Å². The number of amides is 1. The van der Waals surface area contributed by atoms with Crippen LogP contribution in [0.15, 0.2) is 23.0 Å². The Morgan fingerprint density at radius 3 is 2.60 bits per heavy atom. The van der Waals surface area contributed by atoms with Crippen LogP contribution in [0.5, 0.6) is 0 Å². The first-order valence-electron chi connectivity index (χ1n) is 10.4. The van der Waals surface area contributed by atoms with Crippen molar-refractivity contribution >= 4 is 22.4 Å². The van der Waals surface area contributed by atoms with E-state index in [1.807, 2.05) is 6.07 Å². The van der Waals surface area contributed by atoms with Gasteiger partial charge in [-0.25, -0.2) is 12.7 Å². The zero-order chi connectivity index (χ0) is 21.9. The molecule has 2 fully saturated rings. The van der Waals surface area contributed by atoms with Gasteiger partial charge in [0, 0.05) is 43.2 Å². The molecule has 3 aliphatic rings. The van der Waals surface area contributed by atoms with Crippen molar-refractivity contribution in [2.24, 2.45) is 11.8 Å². The van der Waals surface area contributed by atoms with Gasteiger partial charge in [0.15, 0.2) is 0 Å². The number of pyridine rings is 1. The number of sulfonamides is 1. The van der Waals surface area contributed by atoms with E-state index in [0.29, 0.717) is 19.6 Å². The van der Waals surface area contributed by atoms with Crippen molar-refractivity contribution < 1.29 is 23.1 Å². The summed E-state index contributed by atoms with van der Waals surface area (Å²) in [6, 6.07) is 5.01. The molecule has 0 aromatic carbocycles. The quantitative estimate of drug-likeness (QED) is 0.653. The summed E-state index contributed by atoms with van der Waals surface area (Å²) in [6.45, 7) is 2.63. The van der Waals surface area contributed by atoms with Gasteiger partial charge in [0.05, 0.1) is 11.8 Å². The average molecular weight is 440 g/mol. The first-order valence-corrected chi connectivity index (χ1v) is 12.0. The fourth-order valence-electron chi connectivity index (χ4n) is 4.69. The molecule has 1 saturated carbocycles. The van der Waals surface area contributed by atoms with Gasteiger partial charge in [-0.3, -0.25) is 14.4 Å². The highest BCUT2D eigenvalue weighted by Crippen LogP contribution is 2.41. The van der Waals surface area contributed by atoms with Crippen LogP contribution in [0.25, 0.3) is 0 Å². The largest absolute Gasteiger partial charge is 0.483 e. The number of hydrogen-bond acceptors (Lipinski definition) is 5. The van der Waals surface area contributed by atoms with Crippen LogP contribution in [-0.2, 0) is 19.6 Å². The van der Waals surface area contributed by atoms with Crippen LogP contribution in [0.4, 0.5) is 0 Å². The lowest BCUT2D eigenvalue weighted by molar-refractivity contribution is -0.127. The van der Waals surface area contributed by atoms with E-state index in [2.05, 4.69) is 5.32 Å². The van der Waals surface area contributed by atoms with Crippen LogP contribution in [-0.4, -0.2) is 60.2 Å². The molecule has 10 heteroatoms. The number of aromatic nitrogens is 1. The van der Waals surface area contributed by atoms with Crippen LogP contribution in [0, 0.1) is 11.8 Å². The predicted molar refractivity (Wildman–Crippen MR) is 111 cm³/mol. The highest BCUT2D eigenvalue weighted by Gasteiger charge is 2.43. The molecule has 0 unspecified atom stereocenters. The molecule has 3 heterocycles. The van der Waals surface area contributed by atoms with Crippen molar-refractivity contribution in [1.82, 2.24) is 14.2 Å². The van der Waals surface area contributed by atoms with Crippen molar-refractivity contribution in [2.45, 2.75) is 44.6 Å². The summed E-state index contributed by atoms with van der Waals surface area (Å²) in [5.74, 6) is 0.285. The van der Waals surface area contributed by atoms with Gasteiger partial charge in [0.2, 0.25) is 15.9 Å². The predicted octanol–water partition coefficient (Wildman–Crippen LogP) is 0.775. The van der Waals surface area contributed by atoms with Gasteiger partial charge in [0.25, 0.3) is 12.0 Å². The van der Waals surface area contributed by atoms with E-state index in [1.54, 1.807) is 27.9 Å². The number of carboxylic acid groups (broad SMARTS) is 1. The second-order valence-corrected chi connectivity index (χ2v) is 10.4. The molecule has 2 N–H and O–H groups in total. The van der Waals surface area contributed by atoms with Crippen LogP contribution in [0.2, 0.25) is 0 Å². The number of fused-ring (bicyclic) bond motifs is 4. The lowest BCUT2D eigenvalue weighted by Gasteiger charge is -2.46. The molecule has 2 bridgehead atoms. The summed E-state index contributed by atoms with van der Waals surface area (Å²) in [5.41, 5.74) is 0.814. The smallest absolute Gasteiger partial charge is 0.290 e. The zero-order valence-corrected chi connectivity index (χ0v) is 17.9. The Morgan fingerprint density at radius 2 is 2.00 bits per heavy atom. The minimum absolute atomic E-state index is 0.0255. The fraction of sp³-hybridized carbons (Fsp3) is 0.650. The Bertz CT molecular complexity index is 940. The van der Waals surface area contributed by atoms with E-state index in [1.165, 1.54) is 0 Å². The van der Waals surface area contributed by atoms with Gasteiger partial charge < -0.3 is 15.0 Å². The maximum absolute atomic E-state index is 12.6. The summed E-state index contributed by atoms with van der Waals surface area (Å²) in [6.07, 6.45) is 3.81. The first kappa shape index (κ1) is 22.5. The summed E-state index contributed by atoms with van der Waals surface area (Å²) in [7, 11) is -3.28. The van der Waals surface area contributed by atoms with Crippen molar-refractivity contribution in [3.63, 3.8) is 0 Å². The third kappa shape index (κ3) is 4.44. The highest BCUT2D eigenvalue weighted by atomic mass is 32.2. The van der Waals surface area contributed by atoms with Gasteiger partial charge >= 0.3 is 0 Å². The Hall–Kier alpha value is -2.20. The van der Waals surface area contributed by atoms with E-state index >= 15 is 0 Å². The summed E-state index contributed by atoms with van der Waals surface area (Å²) in [4.78, 5) is 33.3. The highest BCUT2D eigenvalue weighted by molar-refractivity contribution is 7.89. The molecular formula is C20H29N3O6S. The van der Waals surface area contributed by atoms with E-state index in [0.717, 1.165) is 31.4 Å². The number of rotatable bonds is 5. The molecule has 1 amide bonds. The Labute approximate surface area is 176 Å². The van der Waals surface area contributed by atoms with E-state index in [4.69, 9.17) is 9.90 Å². The lowest BCUT2D eigenvalue weighted by Crippen LogP contribution is -2.53. The Kier molecular flexibility index (Phi) is 6.97. The average Bonchev–Trinajstić information content (AvgIpc) is 2.67. The van der Waals surface area contributed by atoms with Gasteiger partial charge in [0.1, 0.15) is 0 Å². The third-order valence-electron chi connectivity index (χ3n) is 6.48. The molecule has 1 saturated heterocycles.